The van der Waals surface area contributed by atoms with Gasteiger partial charge in [-0.25, -0.2) is 4.98 Å². The van der Waals surface area contributed by atoms with Crippen LogP contribution in [0.2, 0.25) is 0 Å². The molecule has 2 heterocycles. The smallest absolute Gasteiger partial charge is 0.233 e. The normalized spacial score (nSPS) is 16.7. The Morgan fingerprint density at radius 3 is 2.81 bits per heavy atom. The third-order valence-corrected chi connectivity index (χ3v) is 5.98. The van der Waals surface area contributed by atoms with Gasteiger partial charge in [-0.3, -0.25) is 9.69 Å². The molecule has 1 atom stereocenters. The average molecular weight is 381 g/mol. The molecule has 1 unspecified atom stereocenters. The molecule has 4 rings (SSSR count). The number of amides is 1. The Bertz CT molecular complexity index is 946. The number of hydrogen-bond acceptors (Lipinski definition) is 4. The molecule has 5 heteroatoms. The van der Waals surface area contributed by atoms with Crippen molar-refractivity contribution in [3.8, 4) is 0 Å². The van der Waals surface area contributed by atoms with Crippen LogP contribution in [-0.2, 0) is 16.0 Å². The first-order valence-electron chi connectivity index (χ1n) is 9.44. The van der Waals surface area contributed by atoms with E-state index in [9.17, 15) is 4.79 Å². The van der Waals surface area contributed by atoms with Crippen LogP contribution < -0.4 is 4.90 Å². The standard InChI is InChI=1S/C22H24N2O2S/c1-15-11-16(2)21-19(12-15)27-22(23-21)24(14-18-9-6-10-26-18)20(25)13-17-7-4-3-5-8-17/h3-5,7-8,11-12,18H,6,9-10,13-14H2,1-2H3. The maximum atomic E-state index is 13.2. The lowest BCUT2D eigenvalue weighted by molar-refractivity contribution is -0.118. The number of aryl methyl sites for hydroxylation is 2. The Morgan fingerprint density at radius 2 is 2.07 bits per heavy atom. The summed E-state index contributed by atoms with van der Waals surface area (Å²) in [6.07, 6.45) is 2.53. The predicted octanol–water partition coefficient (Wildman–Crippen LogP) is 4.67. The van der Waals surface area contributed by atoms with Crippen molar-refractivity contribution in [1.82, 2.24) is 4.98 Å². The molecule has 1 fully saturated rings. The summed E-state index contributed by atoms with van der Waals surface area (Å²) in [4.78, 5) is 19.8. The number of carbonyl (C=O) groups excluding carboxylic acids is 1. The molecular formula is C22H24N2O2S. The lowest BCUT2D eigenvalue weighted by Crippen LogP contribution is -2.38. The second-order valence-corrected chi connectivity index (χ2v) is 8.24. The minimum atomic E-state index is 0.0742. The van der Waals surface area contributed by atoms with E-state index in [1.165, 1.54) is 5.56 Å². The van der Waals surface area contributed by atoms with Gasteiger partial charge in [-0.1, -0.05) is 47.7 Å². The van der Waals surface area contributed by atoms with Gasteiger partial charge in [-0.15, -0.1) is 0 Å². The van der Waals surface area contributed by atoms with E-state index in [1.807, 2.05) is 35.2 Å². The van der Waals surface area contributed by atoms with Crippen LogP contribution in [-0.4, -0.2) is 30.1 Å². The molecule has 1 amide bonds. The minimum Gasteiger partial charge on any atom is -0.376 e. The maximum Gasteiger partial charge on any atom is 0.233 e. The fourth-order valence-electron chi connectivity index (χ4n) is 3.62. The molecular weight excluding hydrogens is 356 g/mol. The number of nitrogens with zero attached hydrogens (tertiary/aromatic N) is 2. The Labute approximate surface area is 163 Å². The molecule has 2 aromatic carbocycles. The molecule has 0 saturated carbocycles. The van der Waals surface area contributed by atoms with Gasteiger partial charge in [0.1, 0.15) is 0 Å². The highest BCUT2D eigenvalue weighted by molar-refractivity contribution is 7.22. The first-order chi connectivity index (χ1) is 13.1. The van der Waals surface area contributed by atoms with Crippen molar-refractivity contribution in [3.05, 3.63) is 59.2 Å². The number of hydrogen-bond donors (Lipinski definition) is 0. The Kier molecular flexibility index (Phi) is 5.23. The lowest BCUT2D eigenvalue weighted by Gasteiger charge is -2.23. The molecule has 140 valence electrons. The first-order valence-corrected chi connectivity index (χ1v) is 10.3. The van der Waals surface area contributed by atoms with Crippen molar-refractivity contribution in [2.75, 3.05) is 18.1 Å². The van der Waals surface area contributed by atoms with E-state index >= 15 is 0 Å². The third kappa shape index (κ3) is 4.04. The van der Waals surface area contributed by atoms with Crippen molar-refractivity contribution in [1.29, 1.82) is 0 Å². The number of thiazole rings is 1. The summed E-state index contributed by atoms with van der Waals surface area (Å²) < 4.78 is 6.94. The Morgan fingerprint density at radius 1 is 1.26 bits per heavy atom. The van der Waals surface area contributed by atoms with E-state index in [4.69, 9.17) is 9.72 Å². The molecule has 1 aromatic heterocycles. The fraction of sp³-hybridized carbons (Fsp3) is 0.364. The van der Waals surface area contributed by atoms with E-state index in [1.54, 1.807) is 11.3 Å². The number of fused-ring (bicyclic) bond motifs is 1. The molecule has 1 aliphatic heterocycles. The van der Waals surface area contributed by atoms with Crippen LogP contribution >= 0.6 is 11.3 Å². The molecule has 0 aliphatic carbocycles. The van der Waals surface area contributed by atoms with Crippen LogP contribution in [0, 0.1) is 13.8 Å². The van der Waals surface area contributed by atoms with Gasteiger partial charge in [0.25, 0.3) is 0 Å². The van der Waals surface area contributed by atoms with E-state index < -0.39 is 0 Å². The quantitative estimate of drug-likeness (QED) is 0.646. The molecule has 0 spiro atoms. The van der Waals surface area contributed by atoms with E-state index in [2.05, 4.69) is 26.0 Å². The number of carbonyl (C=O) groups is 1. The summed E-state index contributed by atoms with van der Waals surface area (Å²) in [5, 5.41) is 0.773. The summed E-state index contributed by atoms with van der Waals surface area (Å²) in [5.41, 5.74) is 4.38. The predicted molar refractivity (Wildman–Crippen MR) is 111 cm³/mol. The summed E-state index contributed by atoms with van der Waals surface area (Å²) >= 11 is 1.59. The molecule has 3 aromatic rings. The zero-order valence-electron chi connectivity index (χ0n) is 15.8. The van der Waals surface area contributed by atoms with Gasteiger partial charge in [0.05, 0.1) is 29.3 Å². The van der Waals surface area contributed by atoms with Gasteiger partial charge >= 0.3 is 0 Å². The van der Waals surface area contributed by atoms with Crippen LogP contribution in [0.15, 0.2) is 42.5 Å². The molecule has 0 bridgehead atoms. The lowest BCUT2D eigenvalue weighted by atomic mass is 10.1. The largest absolute Gasteiger partial charge is 0.376 e. The number of benzene rings is 2. The number of aromatic nitrogens is 1. The molecule has 1 saturated heterocycles. The SMILES string of the molecule is Cc1cc(C)c2nc(N(CC3CCCO3)C(=O)Cc3ccccc3)sc2c1. The number of anilines is 1. The Balaban J connectivity index is 1.66. The van der Waals surface area contributed by atoms with E-state index in [0.717, 1.165) is 45.9 Å². The average Bonchev–Trinajstić information content (AvgIpc) is 3.29. The second kappa shape index (κ2) is 7.79. The second-order valence-electron chi connectivity index (χ2n) is 7.23. The third-order valence-electron chi connectivity index (χ3n) is 4.96. The van der Waals surface area contributed by atoms with Gasteiger partial charge in [0, 0.05) is 6.61 Å². The topological polar surface area (TPSA) is 42.4 Å². The number of ether oxygens (including phenoxy) is 1. The first kappa shape index (κ1) is 18.1. The van der Waals surface area contributed by atoms with Crippen molar-refractivity contribution in [2.45, 2.75) is 39.2 Å². The van der Waals surface area contributed by atoms with Gasteiger partial charge in [-0.05, 0) is 49.4 Å². The summed E-state index contributed by atoms with van der Waals surface area (Å²) in [7, 11) is 0. The maximum absolute atomic E-state index is 13.2. The van der Waals surface area contributed by atoms with Crippen LogP contribution in [0.4, 0.5) is 5.13 Å². The van der Waals surface area contributed by atoms with Gasteiger partial charge in [-0.2, -0.15) is 0 Å². The monoisotopic (exact) mass is 380 g/mol. The summed E-state index contributed by atoms with van der Waals surface area (Å²) in [5.74, 6) is 0.0742. The van der Waals surface area contributed by atoms with Crippen LogP contribution in [0.1, 0.15) is 29.5 Å². The van der Waals surface area contributed by atoms with Crippen molar-refractivity contribution in [3.63, 3.8) is 0 Å². The zero-order chi connectivity index (χ0) is 18.8. The minimum absolute atomic E-state index is 0.0742. The van der Waals surface area contributed by atoms with Crippen molar-refractivity contribution < 1.29 is 9.53 Å². The highest BCUT2D eigenvalue weighted by Crippen LogP contribution is 2.32. The summed E-state index contributed by atoms with van der Waals surface area (Å²) in [6.45, 7) is 5.53. The Hall–Kier alpha value is -2.24. The zero-order valence-corrected chi connectivity index (χ0v) is 16.6. The fourth-order valence-corrected chi connectivity index (χ4v) is 4.79. The molecule has 0 N–H and O–H groups in total. The molecule has 1 aliphatic rings. The van der Waals surface area contributed by atoms with Crippen molar-refractivity contribution >= 4 is 32.6 Å². The van der Waals surface area contributed by atoms with E-state index in [0.29, 0.717) is 13.0 Å². The molecule has 27 heavy (non-hydrogen) atoms. The highest BCUT2D eigenvalue weighted by atomic mass is 32.1. The van der Waals surface area contributed by atoms with Crippen molar-refractivity contribution in [2.24, 2.45) is 0 Å². The van der Waals surface area contributed by atoms with Gasteiger partial charge in [0.2, 0.25) is 5.91 Å². The van der Waals surface area contributed by atoms with Crippen LogP contribution in [0.3, 0.4) is 0 Å². The molecule has 0 radical (unpaired) electrons. The molecule has 4 nitrogen and oxygen atoms in total. The van der Waals surface area contributed by atoms with Gasteiger partial charge < -0.3 is 4.74 Å². The van der Waals surface area contributed by atoms with E-state index in [-0.39, 0.29) is 12.0 Å². The summed E-state index contributed by atoms with van der Waals surface area (Å²) in [6, 6.07) is 14.2. The van der Waals surface area contributed by atoms with Crippen LogP contribution in [0.5, 0.6) is 0 Å². The van der Waals surface area contributed by atoms with Crippen LogP contribution in [0.25, 0.3) is 10.2 Å². The highest BCUT2D eigenvalue weighted by Gasteiger charge is 2.26. The van der Waals surface area contributed by atoms with Gasteiger partial charge in [0.15, 0.2) is 5.13 Å². The number of rotatable bonds is 5.